The van der Waals surface area contributed by atoms with Crippen molar-refractivity contribution in [1.82, 2.24) is 24.0 Å². The number of imidazole rings is 1. The van der Waals surface area contributed by atoms with Crippen LogP contribution < -0.4 is 21.3 Å². The summed E-state index contributed by atoms with van der Waals surface area (Å²) in [7, 11) is 4.54. The molecule has 0 radical (unpaired) electrons. The molecule has 0 aliphatic carbocycles. The molecule has 0 saturated carbocycles. The third kappa shape index (κ3) is 3.72. The lowest BCUT2D eigenvalue weighted by Crippen LogP contribution is -2.38. The minimum Gasteiger partial charge on any atom is -0.497 e. The molecule has 10 heteroatoms. The smallest absolute Gasteiger partial charge is 0.332 e. The van der Waals surface area contributed by atoms with E-state index in [0.717, 1.165) is 15.9 Å². The van der Waals surface area contributed by atoms with Gasteiger partial charge in [0.2, 0.25) is 5.91 Å². The highest BCUT2D eigenvalue weighted by molar-refractivity contribution is 9.10. The highest BCUT2D eigenvalue weighted by atomic mass is 79.9. The van der Waals surface area contributed by atoms with Crippen LogP contribution in [0.2, 0.25) is 0 Å². The molecule has 0 aliphatic heterocycles. The third-order valence-electron chi connectivity index (χ3n) is 4.49. The quantitative estimate of drug-likeness (QED) is 0.554. The lowest BCUT2D eigenvalue weighted by atomic mass is 10.1. The van der Waals surface area contributed by atoms with Gasteiger partial charge in [0.15, 0.2) is 15.9 Å². The average Bonchev–Trinajstić information content (AvgIpc) is 3.01. The number of hydrogen-bond donors (Lipinski definition) is 1. The number of nitrogens with zero attached hydrogens (tertiary/aromatic N) is 4. The van der Waals surface area contributed by atoms with Crippen molar-refractivity contribution in [2.24, 2.45) is 14.1 Å². The number of ether oxygens (including phenoxy) is 1. The monoisotopic (exact) mass is 449 g/mol. The summed E-state index contributed by atoms with van der Waals surface area (Å²) in [6.45, 7) is 0.385. The van der Waals surface area contributed by atoms with Gasteiger partial charge in [-0.1, -0.05) is 12.1 Å². The topological polar surface area (TPSA) is 100 Å². The molecule has 148 valence electrons. The van der Waals surface area contributed by atoms with Crippen LogP contribution in [0.3, 0.4) is 0 Å². The largest absolute Gasteiger partial charge is 0.497 e. The zero-order valence-electron chi connectivity index (χ0n) is 15.7. The number of amides is 1. The molecule has 0 saturated heterocycles. The molecular formula is C18H20BrN5O4. The Bertz CT molecular complexity index is 1140. The zero-order chi connectivity index (χ0) is 20.4. The van der Waals surface area contributed by atoms with E-state index in [1.54, 1.807) is 7.11 Å². The van der Waals surface area contributed by atoms with Crippen LogP contribution in [0.5, 0.6) is 5.75 Å². The van der Waals surface area contributed by atoms with Crippen LogP contribution in [0.15, 0.2) is 38.6 Å². The normalized spacial score (nSPS) is 11.0. The second kappa shape index (κ2) is 8.01. The van der Waals surface area contributed by atoms with Crippen LogP contribution >= 0.6 is 15.9 Å². The molecule has 3 rings (SSSR count). The number of methoxy groups -OCH3 is 1. The maximum Gasteiger partial charge on any atom is 0.332 e. The lowest BCUT2D eigenvalue weighted by molar-refractivity contribution is -0.121. The molecule has 9 nitrogen and oxygen atoms in total. The minimum atomic E-state index is -0.502. The molecular weight excluding hydrogens is 430 g/mol. The molecule has 0 atom stereocenters. The molecule has 1 amide bonds. The van der Waals surface area contributed by atoms with E-state index in [1.807, 2.05) is 24.3 Å². The Hall–Kier alpha value is -2.88. The number of nitrogens with one attached hydrogen (secondary N) is 1. The molecule has 3 aromatic rings. The van der Waals surface area contributed by atoms with Crippen molar-refractivity contribution in [1.29, 1.82) is 0 Å². The van der Waals surface area contributed by atoms with Gasteiger partial charge < -0.3 is 10.1 Å². The van der Waals surface area contributed by atoms with E-state index < -0.39 is 11.2 Å². The Morgan fingerprint density at radius 1 is 1.18 bits per heavy atom. The zero-order valence-corrected chi connectivity index (χ0v) is 17.3. The summed E-state index contributed by atoms with van der Waals surface area (Å²) < 4.78 is 9.22. The fourth-order valence-electron chi connectivity index (χ4n) is 2.94. The summed E-state index contributed by atoms with van der Waals surface area (Å²) in [6.07, 6.45) is 0.667. The summed E-state index contributed by atoms with van der Waals surface area (Å²) in [6, 6.07) is 7.62. The summed E-state index contributed by atoms with van der Waals surface area (Å²) in [4.78, 5) is 41.0. The summed E-state index contributed by atoms with van der Waals surface area (Å²) in [5, 5.41) is 2.84. The fourth-order valence-corrected chi connectivity index (χ4v) is 3.41. The molecule has 0 unspecified atom stereocenters. The van der Waals surface area contributed by atoms with E-state index >= 15 is 0 Å². The third-order valence-corrected chi connectivity index (χ3v) is 5.10. The molecule has 28 heavy (non-hydrogen) atoms. The molecule has 0 aliphatic rings. The van der Waals surface area contributed by atoms with E-state index in [4.69, 9.17) is 4.74 Å². The van der Waals surface area contributed by atoms with E-state index in [0.29, 0.717) is 23.3 Å². The van der Waals surface area contributed by atoms with Crippen molar-refractivity contribution < 1.29 is 9.53 Å². The highest BCUT2D eigenvalue weighted by Gasteiger charge is 2.19. The number of hydrogen-bond acceptors (Lipinski definition) is 5. The summed E-state index contributed by atoms with van der Waals surface area (Å²) in [5.74, 6) is 0.531. The first-order valence-electron chi connectivity index (χ1n) is 8.55. The highest BCUT2D eigenvalue weighted by Crippen LogP contribution is 2.16. The minimum absolute atomic E-state index is 0.0693. The van der Waals surface area contributed by atoms with E-state index in [2.05, 4.69) is 26.2 Å². The van der Waals surface area contributed by atoms with Crippen LogP contribution in [-0.2, 0) is 31.9 Å². The average molecular weight is 450 g/mol. The predicted molar refractivity (Wildman–Crippen MR) is 108 cm³/mol. The molecule has 1 N–H and O–H groups in total. The maximum absolute atomic E-state index is 12.4. The van der Waals surface area contributed by atoms with E-state index in [-0.39, 0.29) is 18.0 Å². The standard InChI is InChI=1S/C18H20BrN5O4/c1-22-15-14(16(26)23(2)18(22)27)21-17(19)24(15)10-13(25)20-9-8-11-4-6-12(28-3)7-5-11/h4-7H,8-10H2,1-3H3,(H,20,25). The maximum atomic E-state index is 12.4. The first kappa shape index (κ1) is 19.9. The molecule has 2 aromatic heterocycles. The fraction of sp³-hybridized carbons (Fsp3) is 0.333. The SMILES string of the molecule is COc1ccc(CCNC(=O)Cn2c(Br)nc3c(=O)n(C)c(=O)n(C)c32)cc1. The lowest BCUT2D eigenvalue weighted by Gasteiger charge is -2.10. The molecule has 0 spiro atoms. The second-order valence-corrected chi connectivity index (χ2v) is 7.00. The Labute approximate surface area is 168 Å². The van der Waals surface area contributed by atoms with Crippen molar-refractivity contribution in [3.8, 4) is 5.75 Å². The number of halogens is 1. The molecule has 0 bridgehead atoms. The molecule has 2 heterocycles. The number of benzene rings is 1. The van der Waals surface area contributed by atoms with Crippen molar-refractivity contribution in [3.05, 3.63) is 55.4 Å². The van der Waals surface area contributed by atoms with Gasteiger partial charge in [-0.3, -0.25) is 23.3 Å². The van der Waals surface area contributed by atoms with Gasteiger partial charge in [0.05, 0.1) is 7.11 Å². The van der Waals surface area contributed by atoms with Crippen LogP contribution in [0.4, 0.5) is 0 Å². The van der Waals surface area contributed by atoms with Crippen molar-refractivity contribution in [3.63, 3.8) is 0 Å². The Morgan fingerprint density at radius 3 is 2.50 bits per heavy atom. The van der Waals surface area contributed by atoms with Gasteiger partial charge in [-0.15, -0.1) is 0 Å². The van der Waals surface area contributed by atoms with Gasteiger partial charge in [0.25, 0.3) is 5.56 Å². The second-order valence-electron chi connectivity index (χ2n) is 6.29. The number of aryl methyl sites for hydroxylation is 1. The van der Waals surface area contributed by atoms with Crippen LogP contribution in [-0.4, -0.2) is 38.2 Å². The first-order chi connectivity index (χ1) is 13.3. The van der Waals surface area contributed by atoms with E-state index in [1.165, 1.54) is 23.2 Å². The van der Waals surface area contributed by atoms with E-state index in [9.17, 15) is 14.4 Å². The summed E-state index contributed by atoms with van der Waals surface area (Å²) >= 11 is 3.27. The number of fused-ring (bicyclic) bond motifs is 1. The Kier molecular flexibility index (Phi) is 5.68. The van der Waals surface area contributed by atoms with Gasteiger partial charge in [0.1, 0.15) is 12.3 Å². The predicted octanol–water partition coefficient (Wildman–Crippen LogP) is 0.564. The van der Waals surface area contributed by atoms with Gasteiger partial charge in [-0.2, -0.15) is 0 Å². The van der Waals surface area contributed by atoms with Gasteiger partial charge >= 0.3 is 5.69 Å². The van der Waals surface area contributed by atoms with Crippen molar-refractivity contribution >= 4 is 33.0 Å². The first-order valence-corrected chi connectivity index (χ1v) is 9.34. The van der Waals surface area contributed by atoms with Crippen molar-refractivity contribution in [2.75, 3.05) is 13.7 Å². The number of aromatic nitrogens is 4. The van der Waals surface area contributed by atoms with Crippen molar-refractivity contribution in [2.45, 2.75) is 13.0 Å². The molecule has 1 aromatic carbocycles. The molecule has 0 fully saturated rings. The number of carbonyl (C=O) groups excluding carboxylic acids is 1. The Morgan fingerprint density at radius 2 is 1.86 bits per heavy atom. The summed E-state index contributed by atoms with van der Waals surface area (Å²) in [5.41, 5.74) is 0.512. The Balaban J connectivity index is 1.73. The van der Waals surface area contributed by atoms with Crippen LogP contribution in [0.25, 0.3) is 11.2 Å². The van der Waals surface area contributed by atoms with Gasteiger partial charge in [0, 0.05) is 20.6 Å². The van der Waals surface area contributed by atoms with Crippen LogP contribution in [0, 0.1) is 0 Å². The number of rotatable bonds is 6. The van der Waals surface area contributed by atoms with Gasteiger partial charge in [-0.25, -0.2) is 9.78 Å². The number of carbonyl (C=O) groups is 1. The van der Waals surface area contributed by atoms with Gasteiger partial charge in [-0.05, 0) is 40.0 Å². The van der Waals surface area contributed by atoms with Crippen LogP contribution in [0.1, 0.15) is 5.56 Å².